The first kappa shape index (κ1) is 27.7. The van der Waals surface area contributed by atoms with Crippen molar-refractivity contribution in [2.24, 2.45) is 5.92 Å². The molecule has 13 heteroatoms. The number of carbonyl (C=O) groups excluding carboxylic acids is 2. The molecule has 2 aromatic heterocycles. The van der Waals surface area contributed by atoms with Crippen molar-refractivity contribution in [2.75, 3.05) is 25.7 Å². The van der Waals surface area contributed by atoms with E-state index in [0.29, 0.717) is 43.7 Å². The van der Waals surface area contributed by atoms with Gasteiger partial charge < -0.3 is 14.7 Å². The number of aromatic nitrogens is 3. The highest BCUT2D eigenvalue weighted by Gasteiger charge is 2.51. The number of benzene rings is 1. The monoisotopic (exact) mass is 573 g/mol. The molecule has 2 aliphatic rings. The number of hydrogen-bond acceptors (Lipinski definition) is 9. The molecule has 0 unspecified atom stereocenters. The molecule has 1 saturated carbocycles. The van der Waals surface area contributed by atoms with Crippen LogP contribution in [-0.2, 0) is 16.0 Å². The number of methoxy groups -OCH3 is 1. The SMILES string of the molecule is CCN1C(=O)c2c(O)c(=O)c(-c3nnc(Cc4ccc(F)cc4F)s3)cn2N(C)C12CCC(CC(=O)OC)CC2. The first-order chi connectivity index (χ1) is 19.1. The summed E-state index contributed by atoms with van der Waals surface area (Å²) in [5.41, 5.74) is -1.36. The van der Waals surface area contributed by atoms with Gasteiger partial charge in [0.15, 0.2) is 16.5 Å². The van der Waals surface area contributed by atoms with Crippen LogP contribution in [0.1, 0.15) is 60.1 Å². The average molecular weight is 574 g/mol. The van der Waals surface area contributed by atoms with Crippen LogP contribution in [0.4, 0.5) is 8.78 Å². The fourth-order valence-corrected chi connectivity index (χ4v) is 6.70. The Bertz CT molecular complexity index is 1530. The second-order valence-electron chi connectivity index (χ2n) is 10.1. The quantitative estimate of drug-likeness (QED) is 0.446. The number of pyridine rings is 1. The van der Waals surface area contributed by atoms with Crippen LogP contribution >= 0.6 is 11.3 Å². The van der Waals surface area contributed by atoms with E-state index in [9.17, 15) is 28.3 Å². The minimum Gasteiger partial charge on any atom is -0.502 e. The van der Waals surface area contributed by atoms with Gasteiger partial charge in [-0.05, 0) is 50.2 Å². The molecular weight excluding hydrogens is 544 g/mol. The Labute approximate surface area is 232 Å². The molecule has 0 radical (unpaired) electrons. The summed E-state index contributed by atoms with van der Waals surface area (Å²) in [5, 5.41) is 21.6. The minimum absolute atomic E-state index is 0.0434. The first-order valence-corrected chi connectivity index (χ1v) is 13.8. The van der Waals surface area contributed by atoms with E-state index in [0.717, 1.165) is 23.5 Å². The third-order valence-electron chi connectivity index (χ3n) is 8.00. The van der Waals surface area contributed by atoms with E-state index in [1.807, 2.05) is 11.9 Å². The topological polar surface area (TPSA) is 118 Å². The number of carbonyl (C=O) groups is 2. The molecule has 1 amide bonds. The van der Waals surface area contributed by atoms with Crippen molar-refractivity contribution in [3.8, 4) is 16.3 Å². The van der Waals surface area contributed by atoms with Gasteiger partial charge >= 0.3 is 5.97 Å². The smallest absolute Gasteiger partial charge is 0.305 e. The van der Waals surface area contributed by atoms with Crippen LogP contribution in [0.2, 0.25) is 0 Å². The number of amides is 1. The molecule has 0 saturated heterocycles. The summed E-state index contributed by atoms with van der Waals surface area (Å²) in [6, 6.07) is 3.26. The Morgan fingerprint density at radius 3 is 2.60 bits per heavy atom. The summed E-state index contributed by atoms with van der Waals surface area (Å²) >= 11 is 1.04. The molecule has 1 N–H and O–H groups in total. The van der Waals surface area contributed by atoms with Gasteiger partial charge in [0.25, 0.3) is 5.91 Å². The van der Waals surface area contributed by atoms with E-state index >= 15 is 0 Å². The lowest BCUT2D eigenvalue weighted by Gasteiger charge is -2.56. The third kappa shape index (κ3) is 4.61. The zero-order valence-corrected chi connectivity index (χ0v) is 23.1. The number of nitrogens with zero attached hydrogens (tertiary/aromatic N) is 5. The fourth-order valence-electron chi connectivity index (χ4n) is 5.83. The summed E-state index contributed by atoms with van der Waals surface area (Å²) in [6.07, 6.45) is 4.38. The Morgan fingerprint density at radius 2 is 1.95 bits per heavy atom. The number of aromatic hydroxyl groups is 1. The second kappa shape index (κ2) is 10.6. The van der Waals surface area contributed by atoms with Crippen LogP contribution in [0.5, 0.6) is 5.75 Å². The number of halogens is 2. The molecule has 1 aromatic carbocycles. The van der Waals surface area contributed by atoms with Gasteiger partial charge in [-0.15, -0.1) is 10.2 Å². The van der Waals surface area contributed by atoms with Gasteiger partial charge in [-0.25, -0.2) is 8.78 Å². The summed E-state index contributed by atoms with van der Waals surface area (Å²) in [7, 11) is 3.17. The molecule has 40 heavy (non-hydrogen) atoms. The van der Waals surface area contributed by atoms with Crippen LogP contribution in [0.25, 0.3) is 10.6 Å². The lowest BCUT2D eigenvalue weighted by molar-refractivity contribution is -0.142. The summed E-state index contributed by atoms with van der Waals surface area (Å²) in [4.78, 5) is 40.4. The Kier molecular flexibility index (Phi) is 7.34. The molecule has 0 bridgehead atoms. The van der Waals surface area contributed by atoms with E-state index in [1.165, 1.54) is 24.0 Å². The summed E-state index contributed by atoms with van der Waals surface area (Å²) < 4.78 is 33.8. The van der Waals surface area contributed by atoms with Crippen LogP contribution in [0.15, 0.2) is 29.2 Å². The highest BCUT2D eigenvalue weighted by atomic mass is 32.1. The van der Waals surface area contributed by atoms with Crippen molar-refractivity contribution < 1.29 is 28.2 Å². The van der Waals surface area contributed by atoms with Crippen molar-refractivity contribution in [3.05, 3.63) is 62.5 Å². The maximum atomic E-state index is 14.2. The summed E-state index contributed by atoms with van der Waals surface area (Å²) in [6.45, 7) is 2.21. The molecule has 1 aliphatic carbocycles. The third-order valence-corrected chi connectivity index (χ3v) is 8.96. The van der Waals surface area contributed by atoms with Crippen LogP contribution in [0.3, 0.4) is 0 Å². The molecule has 1 spiro atoms. The molecule has 10 nitrogen and oxygen atoms in total. The van der Waals surface area contributed by atoms with Gasteiger partial charge in [0, 0.05) is 38.7 Å². The molecular formula is C27H29F2N5O5S. The standard InChI is InChI=1S/C27H29F2N5O5S/c1-4-33-26(38)22-24(37)23(36)18(25-31-30-20(40-25)12-16-5-6-17(28)13-19(16)29)14-34(22)32(2)27(33)9-7-15(8-10-27)11-21(35)39-3/h5-6,13-15,37H,4,7-12H2,1-3H3. The first-order valence-electron chi connectivity index (χ1n) is 13.0. The molecule has 0 atom stereocenters. The Morgan fingerprint density at radius 1 is 1.23 bits per heavy atom. The number of ether oxygens (including phenoxy) is 1. The molecule has 3 aromatic rings. The minimum atomic E-state index is -0.766. The van der Waals surface area contributed by atoms with Crippen LogP contribution in [0, 0.1) is 17.6 Å². The van der Waals surface area contributed by atoms with Crippen molar-refractivity contribution in [3.63, 3.8) is 0 Å². The maximum absolute atomic E-state index is 14.2. The summed E-state index contributed by atoms with van der Waals surface area (Å²) in [5.74, 6) is -2.69. The van der Waals surface area contributed by atoms with E-state index in [1.54, 1.807) is 11.9 Å². The van der Waals surface area contributed by atoms with Gasteiger partial charge in [-0.3, -0.25) is 24.1 Å². The zero-order valence-electron chi connectivity index (χ0n) is 22.3. The molecule has 1 fully saturated rings. The van der Waals surface area contributed by atoms with Crippen LogP contribution < -0.4 is 10.4 Å². The van der Waals surface area contributed by atoms with Gasteiger partial charge in [0.2, 0.25) is 5.43 Å². The lowest BCUT2D eigenvalue weighted by atomic mass is 9.78. The van der Waals surface area contributed by atoms with E-state index < -0.39 is 34.4 Å². The van der Waals surface area contributed by atoms with Crippen molar-refractivity contribution >= 4 is 23.2 Å². The Balaban J connectivity index is 1.50. The number of esters is 1. The number of rotatable bonds is 6. The van der Waals surface area contributed by atoms with Crippen molar-refractivity contribution in [1.29, 1.82) is 0 Å². The van der Waals surface area contributed by atoms with Crippen molar-refractivity contribution in [1.82, 2.24) is 19.8 Å². The molecule has 212 valence electrons. The lowest BCUT2D eigenvalue weighted by Crippen LogP contribution is -2.70. The van der Waals surface area contributed by atoms with Crippen LogP contribution in [-0.4, -0.2) is 63.1 Å². The normalized spacial score (nSPS) is 20.6. The highest BCUT2D eigenvalue weighted by molar-refractivity contribution is 7.14. The molecule has 1 aliphatic heterocycles. The molecule has 5 rings (SSSR count). The number of fused-ring (bicyclic) bond motifs is 1. The predicted octanol–water partition coefficient (Wildman–Crippen LogP) is 3.43. The van der Waals surface area contributed by atoms with Gasteiger partial charge in [0.1, 0.15) is 22.3 Å². The average Bonchev–Trinajstić information content (AvgIpc) is 3.40. The van der Waals surface area contributed by atoms with Gasteiger partial charge in [-0.2, -0.15) is 0 Å². The predicted molar refractivity (Wildman–Crippen MR) is 143 cm³/mol. The van der Waals surface area contributed by atoms with Gasteiger partial charge in [0.05, 0.1) is 12.7 Å². The maximum Gasteiger partial charge on any atom is 0.305 e. The van der Waals surface area contributed by atoms with E-state index in [4.69, 9.17) is 4.74 Å². The van der Waals surface area contributed by atoms with Gasteiger partial charge in [-0.1, -0.05) is 17.4 Å². The molecule has 3 heterocycles. The second-order valence-corrected chi connectivity index (χ2v) is 11.2. The van der Waals surface area contributed by atoms with E-state index in [2.05, 4.69) is 10.2 Å². The zero-order chi connectivity index (χ0) is 28.8. The largest absolute Gasteiger partial charge is 0.502 e. The van der Waals surface area contributed by atoms with Crippen molar-refractivity contribution in [2.45, 2.75) is 51.1 Å². The number of hydrogen-bond donors (Lipinski definition) is 1. The van der Waals surface area contributed by atoms with E-state index in [-0.39, 0.29) is 40.1 Å². The fraction of sp³-hybridized carbons (Fsp3) is 0.444. The Hall–Kier alpha value is -3.87. The highest BCUT2D eigenvalue weighted by Crippen LogP contribution is 2.43.